The molecule has 1 saturated heterocycles. The molecule has 1 fully saturated rings. The molecule has 0 radical (unpaired) electrons. The van der Waals surface area contributed by atoms with Gasteiger partial charge in [0.05, 0.1) is 22.9 Å². The summed E-state index contributed by atoms with van der Waals surface area (Å²) in [6.45, 7) is 1.51. The second kappa shape index (κ2) is 8.77. The van der Waals surface area contributed by atoms with E-state index in [2.05, 4.69) is 17.0 Å². The maximum absolute atomic E-state index is 13.7. The second-order valence-corrected chi connectivity index (χ2v) is 9.97. The third kappa shape index (κ3) is 3.82. The predicted octanol–water partition coefficient (Wildman–Crippen LogP) is 5.63. The molecule has 0 aliphatic carbocycles. The van der Waals surface area contributed by atoms with Crippen molar-refractivity contribution in [1.29, 1.82) is 0 Å². The number of amidine groups is 1. The van der Waals surface area contributed by atoms with Gasteiger partial charge in [-0.2, -0.15) is 0 Å². The van der Waals surface area contributed by atoms with Crippen molar-refractivity contribution in [2.75, 3.05) is 25.2 Å². The molecular weight excluding hydrogens is 466 g/mol. The first-order chi connectivity index (χ1) is 16.7. The van der Waals surface area contributed by atoms with Crippen molar-refractivity contribution in [3.8, 4) is 11.5 Å². The van der Waals surface area contributed by atoms with Crippen molar-refractivity contribution >= 4 is 46.0 Å². The van der Waals surface area contributed by atoms with Crippen LogP contribution >= 0.6 is 23.5 Å². The van der Waals surface area contributed by atoms with Gasteiger partial charge in [0.2, 0.25) is 0 Å². The monoisotopic (exact) mass is 487 g/mol. The normalized spacial score (nSPS) is 20.3. The van der Waals surface area contributed by atoms with Crippen LogP contribution in [0.25, 0.3) is 0 Å². The molecule has 3 aromatic carbocycles. The molecule has 3 aliphatic heterocycles. The van der Waals surface area contributed by atoms with Crippen molar-refractivity contribution in [3.05, 3.63) is 88.3 Å². The van der Waals surface area contributed by atoms with E-state index >= 15 is 0 Å². The first-order valence-electron chi connectivity index (χ1n) is 10.9. The zero-order valence-corrected chi connectivity index (χ0v) is 20.1. The van der Waals surface area contributed by atoms with Crippen LogP contribution in [0.1, 0.15) is 5.56 Å². The van der Waals surface area contributed by atoms with Crippen LogP contribution < -0.4 is 14.4 Å². The Morgan fingerprint density at radius 2 is 1.68 bits per heavy atom. The molecule has 0 saturated carbocycles. The smallest absolute Gasteiger partial charge is 0.269 e. The highest BCUT2D eigenvalue weighted by molar-refractivity contribution is 8.19. The van der Waals surface area contributed by atoms with Crippen LogP contribution in [-0.2, 0) is 11.3 Å². The van der Waals surface area contributed by atoms with Crippen molar-refractivity contribution in [1.82, 2.24) is 4.90 Å². The van der Waals surface area contributed by atoms with Gasteiger partial charge in [-0.25, -0.2) is 4.99 Å². The fourth-order valence-electron chi connectivity index (χ4n) is 4.04. The summed E-state index contributed by atoms with van der Waals surface area (Å²) in [6.07, 6.45) is 0. The number of ether oxygens (including phenoxy) is 2. The number of aliphatic imine (C=N–C) groups is 1. The molecule has 3 aromatic rings. The predicted molar refractivity (Wildman–Crippen MR) is 137 cm³/mol. The Morgan fingerprint density at radius 3 is 2.50 bits per heavy atom. The number of thioether (sulfide) groups is 2. The van der Waals surface area contributed by atoms with Crippen molar-refractivity contribution in [3.63, 3.8) is 0 Å². The van der Waals surface area contributed by atoms with Gasteiger partial charge >= 0.3 is 0 Å². The molecule has 34 heavy (non-hydrogen) atoms. The Bertz CT molecular complexity index is 1340. The van der Waals surface area contributed by atoms with Crippen LogP contribution in [0.4, 0.5) is 11.4 Å². The Hall–Kier alpha value is -3.36. The summed E-state index contributed by atoms with van der Waals surface area (Å²) in [5, 5.41) is 1.58. The van der Waals surface area contributed by atoms with Gasteiger partial charge in [-0.05, 0) is 41.6 Å². The summed E-state index contributed by atoms with van der Waals surface area (Å²) in [6, 6.07) is 23.8. The minimum Gasteiger partial charge on any atom is -0.486 e. The number of hydrogen-bond acceptors (Lipinski definition) is 7. The molecule has 0 atom stereocenters. The highest BCUT2D eigenvalue weighted by atomic mass is 32.2. The van der Waals surface area contributed by atoms with E-state index in [1.54, 1.807) is 16.7 Å². The number of fused-ring (bicyclic) bond motifs is 2. The number of carbonyl (C=O) groups excluding carboxylic acids is 1. The van der Waals surface area contributed by atoms with Gasteiger partial charge in [0.25, 0.3) is 5.91 Å². The second-order valence-electron chi connectivity index (χ2n) is 7.96. The highest BCUT2D eigenvalue weighted by Gasteiger charge is 2.39. The molecule has 1 amide bonds. The van der Waals surface area contributed by atoms with Gasteiger partial charge in [-0.15, -0.1) is 0 Å². The molecule has 3 aliphatic rings. The zero-order chi connectivity index (χ0) is 23.1. The Kier molecular flexibility index (Phi) is 5.47. The zero-order valence-electron chi connectivity index (χ0n) is 18.4. The fraction of sp³-hybridized carbons (Fsp3) is 0.154. The van der Waals surface area contributed by atoms with Crippen molar-refractivity contribution in [2.24, 2.45) is 4.99 Å². The van der Waals surface area contributed by atoms with Gasteiger partial charge in [0.15, 0.2) is 16.7 Å². The summed E-state index contributed by atoms with van der Waals surface area (Å²) in [7, 11) is 2.01. The van der Waals surface area contributed by atoms with E-state index in [-0.39, 0.29) is 5.91 Å². The number of amides is 1. The Balaban J connectivity index is 1.39. The molecule has 170 valence electrons. The lowest BCUT2D eigenvalue weighted by atomic mass is 10.2. The van der Waals surface area contributed by atoms with E-state index in [9.17, 15) is 4.79 Å². The van der Waals surface area contributed by atoms with E-state index in [0.717, 1.165) is 32.6 Å². The van der Waals surface area contributed by atoms with Gasteiger partial charge in [-0.3, -0.25) is 9.69 Å². The maximum atomic E-state index is 13.7. The molecule has 0 unspecified atom stereocenters. The minimum atomic E-state index is -0.0349. The van der Waals surface area contributed by atoms with Gasteiger partial charge in [-0.1, -0.05) is 54.2 Å². The maximum Gasteiger partial charge on any atom is 0.269 e. The number of rotatable bonds is 3. The lowest BCUT2D eigenvalue weighted by molar-refractivity contribution is -0.122. The number of nitrogens with zero attached hydrogens (tertiary/aromatic N) is 3. The summed E-state index contributed by atoms with van der Waals surface area (Å²) in [4.78, 5) is 24.3. The van der Waals surface area contributed by atoms with Crippen LogP contribution in [0, 0.1) is 0 Å². The van der Waals surface area contributed by atoms with Crippen LogP contribution in [0.3, 0.4) is 0 Å². The van der Waals surface area contributed by atoms with E-state index in [4.69, 9.17) is 14.5 Å². The molecule has 6 rings (SSSR count). The lowest BCUT2D eigenvalue weighted by Gasteiger charge is -2.19. The first-order valence-corrected chi connectivity index (χ1v) is 12.6. The SMILES string of the molecule is CN1C(=C2SC(=Nc3ccc4c(c3)OCCO4)N(Cc3ccccc3)C2=O)Sc2ccccc21. The summed E-state index contributed by atoms with van der Waals surface area (Å²) < 4.78 is 11.4. The molecule has 6 nitrogen and oxygen atoms in total. The molecule has 0 spiro atoms. The van der Waals surface area contributed by atoms with E-state index < -0.39 is 0 Å². The number of para-hydroxylation sites is 1. The summed E-state index contributed by atoms with van der Waals surface area (Å²) in [5.74, 6) is 1.36. The van der Waals surface area contributed by atoms with Crippen LogP contribution in [0.15, 0.2) is 92.6 Å². The third-order valence-electron chi connectivity index (χ3n) is 5.73. The van der Waals surface area contributed by atoms with Crippen LogP contribution in [-0.4, -0.2) is 36.2 Å². The quantitative estimate of drug-likeness (QED) is 0.446. The molecule has 0 bridgehead atoms. The van der Waals surface area contributed by atoms with Crippen molar-refractivity contribution < 1.29 is 14.3 Å². The largest absolute Gasteiger partial charge is 0.486 e. The average Bonchev–Trinajstić information content (AvgIpc) is 3.36. The van der Waals surface area contributed by atoms with Gasteiger partial charge in [0, 0.05) is 18.0 Å². The van der Waals surface area contributed by atoms with E-state index in [1.165, 1.54) is 11.8 Å². The Morgan fingerprint density at radius 1 is 0.912 bits per heavy atom. The number of hydrogen-bond donors (Lipinski definition) is 0. The number of benzene rings is 3. The topological polar surface area (TPSA) is 54.4 Å². The van der Waals surface area contributed by atoms with Gasteiger partial charge < -0.3 is 14.4 Å². The fourth-order valence-corrected chi connectivity index (χ4v) is 6.38. The van der Waals surface area contributed by atoms with Crippen LogP contribution in [0.2, 0.25) is 0 Å². The minimum absolute atomic E-state index is 0.0349. The molecular formula is C26H21N3O3S2. The van der Waals surface area contributed by atoms with E-state index in [0.29, 0.717) is 35.6 Å². The number of anilines is 1. The molecule has 3 heterocycles. The highest BCUT2D eigenvalue weighted by Crippen LogP contribution is 2.50. The van der Waals surface area contributed by atoms with Crippen LogP contribution in [0.5, 0.6) is 11.5 Å². The van der Waals surface area contributed by atoms with Crippen molar-refractivity contribution in [2.45, 2.75) is 11.4 Å². The summed E-state index contributed by atoms with van der Waals surface area (Å²) >= 11 is 3.05. The molecule has 0 N–H and O–H groups in total. The number of carbonyl (C=O) groups is 1. The molecule has 8 heteroatoms. The lowest BCUT2D eigenvalue weighted by Crippen LogP contribution is -2.29. The van der Waals surface area contributed by atoms with E-state index in [1.807, 2.05) is 67.7 Å². The first kappa shape index (κ1) is 21.2. The summed E-state index contributed by atoms with van der Waals surface area (Å²) in [5.41, 5.74) is 2.88. The Labute approximate surface area is 206 Å². The third-order valence-corrected chi connectivity index (χ3v) is 8.16. The molecule has 0 aromatic heterocycles. The van der Waals surface area contributed by atoms with Gasteiger partial charge in [0.1, 0.15) is 18.1 Å². The average molecular weight is 488 g/mol. The standard InChI is InChI=1S/C26H21N3O3S2/c1-28-19-9-5-6-10-22(19)33-25(28)23-24(30)29(16-17-7-3-2-4-8-17)26(34-23)27-18-11-12-20-21(15-18)32-14-13-31-20/h2-12,15H,13-14,16H2,1H3.